The summed E-state index contributed by atoms with van der Waals surface area (Å²) < 4.78 is 14.9. The Morgan fingerprint density at radius 1 is 1.47 bits per heavy atom. The summed E-state index contributed by atoms with van der Waals surface area (Å²) in [4.78, 5) is 15.6. The summed E-state index contributed by atoms with van der Waals surface area (Å²) in [6.45, 7) is 0.735. The molecule has 1 amide bonds. The quantitative estimate of drug-likeness (QED) is 0.810. The number of amides is 1. The van der Waals surface area contributed by atoms with Gasteiger partial charge < -0.3 is 15.6 Å². The fourth-order valence-corrected chi connectivity index (χ4v) is 1.69. The lowest BCUT2D eigenvalue weighted by molar-refractivity contribution is -0.116. The first-order valence-corrected chi connectivity index (χ1v) is 5.96. The molecule has 1 aromatic heterocycles. The molecule has 0 bridgehead atoms. The third-order valence-electron chi connectivity index (χ3n) is 2.66. The summed E-state index contributed by atoms with van der Waals surface area (Å²) in [5.74, 6) is -0.607. The molecule has 5 nitrogen and oxygen atoms in total. The molecule has 6 heteroatoms. The lowest BCUT2D eigenvalue weighted by atomic mass is 10.2. The number of nitrogens with two attached hydrogens (primary N) is 1. The van der Waals surface area contributed by atoms with E-state index in [-0.39, 0.29) is 11.6 Å². The van der Waals surface area contributed by atoms with Crippen LogP contribution < -0.4 is 11.1 Å². The Balaban J connectivity index is 1.79. The average molecular weight is 262 g/mol. The first-order valence-electron chi connectivity index (χ1n) is 5.96. The number of aryl methyl sites for hydroxylation is 1. The standard InChI is InChI=1S/C13H15FN4O/c14-11-4-3-10(8-12(11)15)17-13(19)2-1-6-18-7-5-16-9-18/h3-5,7-9H,1-2,6,15H2,(H,17,19). The molecule has 0 saturated heterocycles. The van der Waals surface area contributed by atoms with Crippen molar-refractivity contribution in [2.24, 2.45) is 0 Å². The smallest absolute Gasteiger partial charge is 0.224 e. The van der Waals surface area contributed by atoms with Crippen LogP contribution in [0.4, 0.5) is 15.8 Å². The normalized spacial score (nSPS) is 10.4. The maximum atomic E-state index is 12.9. The zero-order valence-corrected chi connectivity index (χ0v) is 10.3. The Morgan fingerprint density at radius 3 is 3.00 bits per heavy atom. The van der Waals surface area contributed by atoms with Crippen molar-refractivity contribution in [2.75, 3.05) is 11.1 Å². The largest absolute Gasteiger partial charge is 0.396 e. The highest BCUT2D eigenvalue weighted by Crippen LogP contribution is 2.16. The van der Waals surface area contributed by atoms with Gasteiger partial charge in [-0.05, 0) is 24.6 Å². The summed E-state index contributed by atoms with van der Waals surface area (Å²) in [7, 11) is 0. The minimum atomic E-state index is -0.488. The highest BCUT2D eigenvalue weighted by Gasteiger charge is 2.04. The predicted octanol–water partition coefficient (Wildman–Crippen LogP) is 2.02. The number of nitrogens with zero attached hydrogens (tertiary/aromatic N) is 2. The van der Waals surface area contributed by atoms with Gasteiger partial charge in [0.05, 0.1) is 12.0 Å². The fourth-order valence-electron chi connectivity index (χ4n) is 1.69. The van der Waals surface area contributed by atoms with E-state index in [9.17, 15) is 9.18 Å². The van der Waals surface area contributed by atoms with Crippen LogP contribution in [0.15, 0.2) is 36.9 Å². The third-order valence-corrected chi connectivity index (χ3v) is 2.66. The topological polar surface area (TPSA) is 72.9 Å². The number of imidazole rings is 1. The highest BCUT2D eigenvalue weighted by atomic mass is 19.1. The number of hydrogen-bond donors (Lipinski definition) is 2. The van der Waals surface area contributed by atoms with Gasteiger partial charge in [-0.1, -0.05) is 0 Å². The van der Waals surface area contributed by atoms with Crippen LogP contribution in [0.2, 0.25) is 0 Å². The number of carbonyl (C=O) groups is 1. The van der Waals surface area contributed by atoms with Crippen LogP contribution in [0.25, 0.3) is 0 Å². The molecule has 2 aromatic rings. The highest BCUT2D eigenvalue weighted by molar-refractivity contribution is 5.91. The maximum Gasteiger partial charge on any atom is 0.224 e. The summed E-state index contributed by atoms with van der Waals surface area (Å²) in [5.41, 5.74) is 5.95. The SMILES string of the molecule is Nc1cc(NC(=O)CCCn2ccnc2)ccc1F. The van der Waals surface area contributed by atoms with Crippen LogP contribution in [-0.4, -0.2) is 15.5 Å². The third kappa shape index (κ3) is 3.80. The van der Waals surface area contributed by atoms with Crippen molar-refractivity contribution in [3.05, 3.63) is 42.7 Å². The van der Waals surface area contributed by atoms with Crippen LogP contribution >= 0.6 is 0 Å². The molecule has 100 valence electrons. The maximum absolute atomic E-state index is 12.9. The average Bonchev–Trinajstić information content (AvgIpc) is 2.87. The summed E-state index contributed by atoms with van der Waals surface area (Å²) in [6.07, 6.45) is 6.34. The Hall–Kier alpha value is -2.37. The Kier molecular flexibility index (Phi) is 4.12. The fraction of sp³-hybridized carbons (Fsp3) is 0.231. The van der Waals surface area contributed by atoms with E-state index < -0.39 is 5.82 Å². The van der Waals surface area contributed by atoms with Gasteiger partial charge in [0.1, 0.15) is 5.82 Å². The van der Waals surface area contributed by atoms with Crippen LogP contribution in [0, 0.1) is 5.82 Å². The van der Waals surface area contributed by atoms with Gasteiger partial charge in [-0.15, -0.1) is 0 Å². The molecule has 1 heterocycles. The molecule has 0 atom stereocenters. The number of aromatic nitrogens is 2. The van der Waals surface area contributed by atoms with E-state index in [0.29, 0.717) is 18.5 Å². The van der Waals surface area contributed by atoms with E-state index in [2.05, 4.69) is 10.3 Å². The number of nitrogens with one attached hydrogen (secondary N) is 1. The number of nitrogen functional groups attached to an aromatic ring is 1. The Morgan fingerprint density at radius 2 is 2.32 bits per heavy atom. The predicted molar refractivity (Wildman–Crippen MR) is 70.9 cm³/mol. The first-order chi connectivity index (χ1) is 9.15. The number of benzene rings is 1. The molecule has 1 aromatic carbocycles. The van der Waals surface area contributed by atoms with E-state index in [1.165, 1.54) is 18.2 Å². The number of halogens is 1. The molecule has 0 aliphatic heterocycles. The molecule has 2 rings (SSSR count). The van der Waals surface area contributed by atoms with Crippen molar-refractivity contribution in [3.8, 4) is 0 Å². The van der Waals surface area contributed by atoms with Crippen LogP contribution in [0.3, 0.4) is 0 Å². The van der Waals surface area contributed by atoms with Gasteiger partial charge in [-0.25, -0.2) is 9.37 Å². The van der Waals surface area contributed by atoms with Crippen molar-refractivity contribution in [3.63, 3.8) is 0 Å². The Bertz CT molecular complexity index is 554. The van der Waals surface area contributed by atoms with Gasteiger partial charge in [0.15, 0.2) is 0 Å². The number of anilines is 2. The van der Waals surface area contributed by atoms with Crippen molar-refractivity contribution in [2.45, 2.75) is 19.4 Å². The van der Waals surface area contributed by atoms with Crippen molar-refractivity contribution in [1.82, 2.24) is 9.55 Å². The second kappa shape index (κ2) is 5.99. The van der Waals surface area contributed by atoms with Crippen LogP contribution in [0.1, 0.15) is 12.8 Å². The van der Waals surface area contributed by atoms with Crippen molar-refractivity contribution < 1.29 is 9.18 Å². The van der Waals surface area contributed by atoms with Crippen LogP contribution in [-0.2, 0) is 11.3 Å². The second-order valence-electron chi connectivity index (χ2n) is 4.19. The molecular weight excluding hydrogens is 247 g/mol. The molecule has 0 aliphatic rings. The lowest BCUT2D eigenvalue weighted by Gasteiger charge is -2.06. The first kappa shape index (κ1) is 13.1. The van der Waals surface area contributed by atoms with E-state index in [1.807, 2.05) is 10.8 Å². The molecule has 3 N–H and O–H groups in total. The van der Waals surface area contributed by atoms with Crippen molar-refractivity contribution in [1.29, 1.82) is 0 Å². The van der Waals surface area contributed by atoms with E-state index in [0.717, 1.165) is 6.54 Å². The molecule has 0 unspecified atom stereocenters. The van der Waals surface area contributed by atoms with Crippen molar-refractivity contribution >= 4 is 17.3 Å². The van der Waals surface area contributed by atoms with Gasteiger partial charge in [0.25, 0.3) is 0 Å². The molecular formula is C13H15FN4O. The number of rotatable bonds is 5. The molecule has 0 fully saturated rings. The minimum Gasteiger partial charge on any atom is -0.396 e. The van der Waals surface area contributed by atoms with E-state index >= 15 is 0 Å². The lowest BCUT2D eigenvalue weighted by Crippen LogP contribution is -2.12. The zero-order chi connectivity index (χ0) is 13.7. The monoisotopic (exact) mass is 262 g/mol. The summed E-state index contributed by atoms with van der Waals surface area (Å²) >= 11 is 0. The number of carbonyl (C=O) groups excluding carboxylic acids is 1. The summed E-state index contributed by atoms with van der Waals surface area (Å²) in [5, 5.41) is 2.68. The zero-order valence-electron chi connectivity index (χ0n) is 10.3. The van der Waals surface area contributed by atoms with Gasteiger partial charge in [0, 0.05) is 31.0 Å². The van der Waals surface area contributed by atoms with Crippen LogP contribution in [0.5, 0.6) is 0 Å². The van der Waals surface area contributed by atoms with E-state index in [4.69, 9.17) is 5.73 Å². The summed E-state index contributed by atoms with van der Waals surface area (Å²) in [6, 6.07) is 4.12. The Labute approximate surface area is 110 Å². The second-order valence-corrected chi connectivity index (χ2v) is 4.19. The van der Waals surface area contributed by atoms with Gasteiger partial charge in [-0.2, -0.15) is 0 Å². The molecule has 0 spiro atoms. The van der Waals surface area contributed by atoms with Gasteiger partial charge in [0.2, 0.25) is 5.91 Å². The number of hydrogen-bond acceptors (Lipinski definition) is 3. The minimum absolute atomic E-state index is 0.0243. The van der Waals surface area contributed by atoms with Gasteiger partial charge in [-0.3, -0.25) is 4.79 Å². The molecule has 0 saturated carbocycles. The van der Waals surface area contributed by atoms with E-state index in [1.54, 1.807) is 12.5 Å². The van der Waals surface area contributed by atoms with Gasteiger partial charge >= 0.3 is 0 Å². The molecule has 0 aliphatic carbocycles. The molecule has 19 heavy (non-hydrogen) atoms. The molecule has 0 radical (unpaired) electrons.